The average Bonchev–Trinajstić information content (AvgIpc) is 2.88. The molecule has 2 aromatic rings. The number of methoxy groups -OCH3 is 1. The van der Waals surface area contributed by atoms with Crippen molar-refractivity contribution in [3.8, 4) is 5.75 Å². The fourth-order valence-electron chi connectivity index (χ4n) is 5.66. The fourth-order valence-corrected chi connectivity index (χ4v) is 5.66. The van der Waals surface area contributed by atoms with E-state index in [1.54, 1.807) is 7.11 Å². The number of imidazole rings is 1. The van der Waals surface area contributed by atoms with Crippen LogP contribution in [0.25, 0.3) is 11.0 Å². The molecule has 0 aliphatic heterocycles. The van der Waals surface area contributed by atoms with E-state index in [1.807, 2.05) is 6.07 Å². The van der Waals surface area contributed by atoms with Gasteiger partial charge in [0.05, 0.1) is 18.1 Å². The molecule has 4 aliphatic carbocycles. The summed E-state index contributed by atoms with van der Waals surface area (Å²) in [4.78, 5) is 8.53. The summed E-state index contributed by atoms with van der Waals surface area (Å²) in [6, 6.07) is 6.15. The second-order valence-corrected chi connectivity index (χ2v) is 7.46. The summed E-state index contributed by atoms with van der Waals surface area (Å²) in [5.74, 6) is 6.62. The van der Waals surface area contributed by atoms with Crippen LogP contribution in [0.4, 0.5) is 0 Å². The van der Waals surface area contributed by atoms with Gasteiger partial charge in [0.25, 0.3) is 0 Å². The van der Waals surface area contributed by atoms with Gasteiger partial charge in [-0.2, -0.15) is 0 Å². The first-order valence-electron chi connectivity index (χ1n) is 8.34. The lowest BCUT2D eigenvalue weighted by atomic mass is 9.52. The standard InChI is InChI=1S/C18H22N2O/c1-21-14-2-3-15-16(9-14)20-18(19-15)17-12-5-10-4-11(7-12)8-13(17)6-10/h2-3,9-13,17H,4-8H2,1H3,(H,19,20). The summed E-state index contributed by atoms with van der Waals surface area (Å²) in [6.07, 6.45) is 7.28. The van der Waals surface area contributed by atoms with Crippen LogP contribution in [0.1, 0.15) is 43.8 Å². The fraction of sp³-hybridized carbons (Fsp3) is 0.611. The highest BCUT2D eigenvalue weighted by atomic mass is 16.5. The van der Waals surface area contributed by atoms with Crippen LogP contribution in [0.3, 0.4) is 0 Å². The molecule has 4 saturated carbocycles. The first-order valence-corrected chi connectivity index (χ1v) is 8.34. The summed E-state index contributed by atoms with van der Waals surface area (Å²) in [7, 11) is 1.72. The molecule has 1 N–H and O–H groups in total. The Balaban J connectivity index is 1.55. The molecule has 3 nitrogen and oxygen atoms in total. The first kappa shape index (κ1) is 12.1. The van der Waals surface area contributed by atoms with E-state index in [-0.39, 0.29) is 0 Å². The molecule has 0 unspecified atom stereocenters. The number of ether oxygens (including phenoxy) is 1. The van der Waals surface area contributed by atoms with Gasteiger partial charge >= 0.3 is 0 Å². The summed E-state index contributed by atoms with van der Waals surface area (Å²) in [5.41, 5.74) is 2.21. The van der Waals surface area contributed by atoms with Crippen molar-refractivity contribution in [3.05, 3.63) is 24.0 Å². The van der Waals surface area contributed by atoms with Crippen molar-refractivity contribution in [1.29, 1.82) is 0 Å². The van der Waals surface area contributed by atoms with Crippen LogP contribution in [-0.4, -0.2) is 17.1 Å². The Kier molecular flexibility index (Phi) is 2.44. The van der Waals surface area contributed by atoms with Gasteiger partial charge in [-0.05, 0) is 67.9 Å². The molecule has 0 spiro atoms. The predicted octanol–water partition coefficient (Wildman–Crippen LogP) is 4.11. The maximum Gasteiger partial charge on any atom is 0.121 e. The van der Waals surface area contributed by atoms with Gasteiger partial charge in [-0.1, -0.05) is 0 Å². The topological polar surface area (TPSA) is 37.9 Å². The summed E-state index contributed by atoms with van der Waals surface area (Å²) in [5, 5.41) is 0. The lowest BCUT2D eigenvalue weighted by molar-refractivity contribution is -0.00528. The molecule has 1 heterocycles. The number of nitrogens with one attached hydrogen (secondary N) is 1. The number of aromatic amines is 1. The number of H-pyrrole nitrogens is 1. The van der Waals surface area contributed by atoms with E-state index in [0.717, 1.165) is 40.5 Å². The van der Waals surface area contributed by atoms with Crippen LogP contribution in [0, 0.1) is 23.7 Å². The second kappa shape index (κ2) is 4.25. The van der Waals surface area contributed by atoms with Crippen molar-refractivity contribution in [1.82, 2.24) is 9.97 Å². The third kappa shape index (κ3) is 1.76. The quantitative estimate of drug-likeness (QED) is 0.900. The Morgan fingerprint density at radius 1 is 1.05 bits per heavy atom. The highest BCUT2D eigenvalue weighted by Crippen LogP contribution is 2.59. The van der Waals surface area contributed by atoms with E-state index in [9.17, 15) is 0 Å². The second-order valence-electron chi connectivity index (χ2n) is 7.46. The number of hydrogen-bond donors (Lipinski definition) is 1. The number of hydrogen-bond acceptors (Lipinski definition) is 2. The maximum atomic E-state index is 5.32. The third-order valence-electron chi connectivity index (χ3n) is 6.25. The Morgan fingerprint density at radius 3 is 2.43 bits per heavy atom. The van der Waals surface area contributed by atoms with E-state index in [1.165, 1.54) is 37.9 Å². The monoisotopic (exact) mass is 282 g/mol. The lowest BCUT2D eigenvalue weighted by Crippen LogP contribution is -2.44. The molecular weight excluding hydrogens is 260 g/mol. The van der Waals surface area contributed by atoms with E-state index in [0.29, 0.717) is 5.92 Å². The van der Waals surface area contributed by atoms with Crippen LogP contribution in [0.2, 0.25) is 0 Å². The zero-order valence-electron chi connectivity index (χ0n) is 12.5. The Hall–Kier alpha value is -1.51. The molecule has 3 heteroatoms. The van der Waals surface area contributed by atoms with Crippen LogP contribution in [0.15, 0.2) is 18.2 Å². The molecule has 1 aromatic carbocycles. The van der Waals surface area contributed by atoms with E-state index in [4.69, 9.17) is 9.72 Å². The molecule has 6 rings (SSSR count). The van der Waals surface area contributed by atoms with Crippen LogP contribution < -0.4 is 4.74 Å². The van der Waals surface area contributed by atoms with Crippen molar-refractivity contribution >= 4 is 11.0 Å². The van der Waals surface area contributed by atoms with Crippen molar-refractivity contribution in [2.75, 3.05) is 7.11 Å². The Bertz CT molecular complexity index is 662. The lowest BCUT2D eigenvalue weighted by Gasteiger charge is -2.53. The Labute approximate surface area is 125 Å². The van der Waals surface area contributed by atoms with Gasteiger partial charge in [0.1, 0.15) is 11.6 Å². The normalized spacial score (nSPS) is 37.3. The molecule has 1 aromatic heterocycles. The minimum atomic E-state index is 0.677. The van der Waals surface area contributed by atoms with Gasteiger partial charge in [0.15, 0.2) is 0 Å². The third-order valence-corrected chi connectivity index (χ3v) is 6.25. The number of rotatable bonds is 2. The minimum Gasteiger partial charge on any atom is -0.497 e. The van der Waals surface area contributed by atoms with Crippen molar-refractivity contribution in [3.63, 3.8) is 0 Å². The zero-order chi connectivity index (χ0) is 14.0. The highest BCUT2D eigenvalue weighted by Gasteiger charge is 2.49. The molecule has 0 saturated heterocycles. The van der Waals surface area contributed by atoms with Gasteiger partial charge in [0.2, 0.25) is 0 Å². The minimum absolute atomic E-state index is 0.677. The SMILES string of the molecule is COc1ccc2nc(C3C4CC5CC(C4)CC3C5)[nH]c2c1. The van der Waals surface area contributed by atoms with E-state index >= 15 is 0 Å². The number of aromatic nitrogens is 2. The van der Waals surface area contributed by atoms with Gasteiger partial charge < -0.3 is 9.72 Å². The first-order chi connectivity index (χ1) is 10.3. The Morgan fingerprint density at radius 2 is 1.76 bits per heavy atom. The molecule has 4 aliphatic rings. The van der Waals surface area contributed by atoms with Gasteiger partial charge in [-0.25, -0.2) is 4.98 Å². The molecule has 0 amide bonds. The average molecular weight is 282 g/mol. The number of nitrogens with zero attached hydrogens (tertiary/aromatic N) is 1. The van der Waals surface area contributed by atoms with Crippen LogP contribution >= 0.6 is 0 Å². The highest BCUT2D eigenvalue weighted by molar-refractivity contribution is 5.77. The number of fused-ring (bicyclic) bond motifs is 1. The predicted molar refractivity (Wildman–Crippen MR) is 82.4 cm³/mol. The molecule has 4 fully saturated rings. The van der Waals surface area contributed by atoms with Crippen molar-refractivity contribution < 1.29 is 4.74 Å². The van der Waals surface area contributed by atoms with Gasteiger partial charge in [-0.3, -0.25) is 0 Å². The van der Waals surface area contributed by atoms with Gasteiger partial charge in [0, 0.05) is 12.0 Å². The number of benzene rings is 1. The molecule has 110 valence electrons. The molecule has 0 atom stereocenters. The van der Waals surface area contributed by atoms with E-state index in [2.05, 4.69) is 17.1 Å². The molecular formula is C18H22N2O. The largest absolute Gasteiger partial charge is 0.497 e. The van der Waals surface area contributed by atoms with E-state index < -0.39 is 0 Å². The summed E-state index contributed by atoms with van der Waals surface area (Å²) in [6.45, 7) is 0. The van der Waals surface area contributed by atoms with Crippen molar-refractivity contribution in [2.45, 2.75) is 38.0 Å². The molecule has 4 bridgehead atoms. The summed E-state index contributed by atoms with van der Waals surface area (Å²) >= 11 is 0. The van der Waals surface area contributed by atoms with Crippen molar-refractivity contribution in [2.24, 2.45) is 23.7 Å². The zero-order valence-corrected chi connectivity index (χ0v) is 12.5. The smallest absolute Gasteiger partial charge is 0.121 e. The van der Waals surface area contributed by atoms with Gasteiger partial charge in [-0.15, -0.1) is 0 Å². The molecule has 21 heavy (non-hydrogen) atoms. The van der Waals surface area contributed by atoms with Crippen LogP contribution in [0.5, 0.6) is 5.75 Å². The maximum absolute atomic E-state index is 5.32. The summed E-state index contributed by atoms with van der Waals surface area (Å²) < 4.78 is 5.32. The molecule has 0 radical (unpaired) electrons. The van der Waals surface area contributed by atoms with Crippen LogP contribution in [-0.2, 0) is 0 Å².